The van der Waals surface area contributed by atoms with Gasteiger partial charge < -0.3 is 20.4 Å². The highest BCUT2D eigenvalue weighted by atomic mass is 16.3. The monoisotopic (exact) mass is 316 g/mol. The van der Waals surface area contributed by atoms with E-state index in [9.17, 15) is 20.4 Å². The van der Waals surface area contributed by atoms with Crippen molar-refractivity contribution in [2.75, 3.05) is 0 Å². The van der Waals surface area contributed by atoms with Gasteiger partial charge in [0.2, 0.25) is 5.75 Å². The van der Waals surface area contributed by atoms with E-state index < -0.39 is 16.6 Å². The highest BCUT2D eigenvalue weighted by Gasteiger charge is 2.32. The SMILES string of the molecule is CC(C)(C)c1cc(C(C)(C)c2cccc(O)c2)c(O)c(O)c1O. The van der Waals surface area contributed by atoms with Gasteiger partial charge in [-0.15, -0.1) is 0 Å². The number of phenols is 4. The van der Waals surface area contributed by atoms with Gasteiger partial charge in [-0.25, -0.2) is 0 Å². The van der Waals surface area contributed by atoms with Crippen LogP contribution in [0.4, 0.5) is 0 Å². The molecule has 0 amide bonds. The highest BCUT2D eigenvalue weighted by molar-refractivity contribution is 5.62. The largest absolute Gasteiger partial charge is 0.508 e. The lowest BCUT2D eigenvalue weighted by molar-refractivity contribution is 0.351. The van der Waals surface area contributed by atoms with E-state index in [-0.39, 0.29) is 17.2 Å². The Hall–Kier alpha value is -2.36. The molecule has 0 aliphatic rings. The smallest absolute Gasteiger partial charge is 0.200 e. The Morgan fingerprint density at radius 2 is 1.26 bits per heavy atom. The maximum atomic E-state index is 10.4. The normalized spacial score (nSPS) is 12.4. The minimum absolute atomic E-state index is 0.133. The van der Waals surface area contributed by atoms with Gasteiger partial charge in [0, 0.05) is 16.5 Å². The molecule has 0 spiro atoms. The Morgan fingerprint density at radius 3 is 1.78 bits per heavy atom. The zero-order valence-electron chi connectivity index (χ0n) is 14.2. The van der Waals surface area contributed by atoms with E-state index in [2.05, 4.69) is 0 Å². The minimum Gasteiger partial charge on any atom is -0.508 e. The van der Waals surface area contributed by atoms with Crippen LogP contribution < -0.4 is 0 Å². The first kappa shape index (κ1) is 17.0. The summed E-state index contributed by atoms with van der Waals surface area (Å²) >= 11 is 0. The van der Waals surface area contributed by atoms with Crippen LogP contribution in [0.15, 0.2) is 30.3 Å². The molecule has 0 saturated heterocycles. The van der Waals surface area contributed by atoms with Gasteiger partial charge in [0.25, 0.3) is 0 Å². The maximum absolute atomic E-state index is 10.4. The van der Waals surface area contributed by atoms with Crippen molar-refractivity contribution in [2.24, 2.45) is 0 Å². The van der Waals surface area contributed by atoms with Gasteiger partial charge in [-0.05, 0) is 29.2 Å². The summed E-state index contributed by atoms with van der Waals surface area (Å²) in [5, 5.41) is 40.4. The number of hydrogen-bond donors (Lipinski definition) is 4. The fourth-order valence-corrected chi connectivity index (χ4v) is 2.75. The van der Waals surface area contributed by atoms with Crippen LogP contribution in [0.2, 0.25) is 0 Å². The summed E-state index contributed by atoms with van der Waals surface area (Å²) in [4.78, 5) is 0. The molecular formula is C19H24O4. The molecule has 2 rings (SSSR count). The zero-order valence-corrected chi connectivity index (χ0v) is 14.2. The Labute approximate surface area is 136 Å². The van der Waals surface area contributed by atoms with Crippen molar-refractivity contribution in [3.63, 3.8) is 0 Å². The standard InChI is InChI=1S/C19H24O4/c1-18(2,3)13-10-14(16(22)17(23)15(13)21)19(4,5)11-7-6-8-12(20)9-11/h6-10,20-23H,1-5H3. The first-order valence-electron chi connectivity index (χ1n) is 7.54. The Bertz CT molecular complexity index is 740. The summed E-state index contributed by atoms with van der Waals surface area (Å²) in [6, 6.07) is 8.50. The van der Waals surface area contributed by atoms with Crippen LogP contribution >= 0.6 is 0 Å². The molecule has 0 heterocycles. The molecule has 4 N–H and O–H groups in total. The predicted octanol–water partition coefficient (Wildman–Crippen LogP) is 4.13. The van der Waals surface area contributed by atoms with Crippen molar-refractivity contribution in [1.82, 2.24) is 0 Å². The summed E-state index contributed by atoms with van der Waals surface area (Å²) < 4.78 is 0. The molecule has 2 aromatic rings. The first-order chi connectivity index (χ1) is 10.5. The lowest BCUT2D eigenvalue weighted by Gasteiger charge is -2.30. The third-order valence-electron chi connectivity index (χ3n) is 4.30. The van der Waals surface area contributed by atoms with Crippen LogP contribution in [0.5, 0.6) is 23.0 Å². The lowest BCUT2D eigenvalue weighted by Crippen LogP contribution is -2.21. The second-order valence-corrected chi connectivity index (χ2v) is 7.44. The second-order valence-electron chi connectivity index (χ2n) is 7.44. The molecular weight excluding hydrogens is 292 g/mol. The van der Waals surface area contributed by atoms with Crippen molar-refractivity contribution in [1.29, 1.82) is 0 Å². The van der Waals surface area contributed by atoms with Crippen LogP contribution in [0.1, 0.15) is 51.3 Å². The van der Waals surface area contributed by atoms with Crippen LogP contribution in [-0.4, -0.2) is 20.4 Å². The quantitative estimate of drug-likeness (QED) is 0.628. The van der Waals surface area contributed by atoms with Crippen molar-refractivity contribution >= 4 is 0 Å². The van der Waals surface area contributed by atoms with Gasteiger partial charge in [-0.3, -0.25) is 0 Å². The molecule has 0 saturated carbocycles. The van der Waals surface area contributed by atoms with Gasteiger partial charge >= 0.3 is 0 Å². The average molecular weight is 316 g/mol. The van der Waals surface area contributed by atoms with E-state index in [4.69, 9.17) is 0 Å². The number of benzene rings is 2. The van der Waals surface area contributed by atoms with E-state index in [0.717, 1.165) is 5.56 Å². The van der Waals surface area contributed by atoms with Gasteiger partial charge in [0.1, 0.15) is 5.75 Å². The van der Waals surface area contributed by atoms with E-state index in [1.54, 1.807) is 24.3 Å². The molecule has 4 nitrogen and oxygen atoms in total. The van der Waals surface area contributed by atoms with E-state index in [0.29, 0.717) is 11.1 Å². The molecule has 4 heteroatoms. The fourth-order valence-electron chi connectivity index (χ4n) is 2.75. The number of aromatic hydroxyl groups is 4. The Balaban J connectivity index is 2.74. The topological polar surface area (TPSA) is 80.9 Å². The highest BCUT2D eigenvalue weighted by Crippen LogP contribution is 2.49. The zero-order chi connectivity index (χ0) is 17.6. The maximum Gasteiger partial charge on any atom is 0.200 e. The summed E-state index contributed by atoms with van der Waals surface area (Å²) in [7, 11) is 0. The van der Waals surface area contributed by atoms with Crippen molar-refractivity contribution < 1.29 is 20.4 Å². The number of rotatable bonds is 2. The Morgan fingerprint density at radius 1 is 0.696 bits per heavy atom. The van der Waals surface area contributed by atoms with Gasteiger partial charge in [0.05, 0.1) is 0 Å². The summed E-state index contributed by atoms with van der Waals surface area (Å²) in [5.41, 5.74) is 0.754. The number of phenolic OH excluding ortho intramolecular Hbond substituents is 4. The summed E-state index contributed by atoms with van der Waals surface area (Å²) in [5.74, 6) is -1.02. The van der Waals surface area contributed by atoms with Gasteiger partial charge in [-0.1, -0.05) is 46.8 Å². The average Bonchev–Trinajstić information content (AvgIpc) is 2.43. The number of hydrogen-bond acceptors (Lipinski definition) is 4. The third-order valence-corrected chi connectivity index (χ3v) is 4.30. The molecule has 0 atom stereocenters. The van der Waals surface area contributed by atoms with Gasteiger partial charge in [-0.2, -0.15) is 0 Å². The molecule has 2 aromatic carbocycles. The van der Waals surface area contributed by atoms with Crippen molar-refractivity contribution in [3.8, 4) is 23.0 Å². The fraction of sp³-hybridized carbons (Fsp3) is 0.368. The molecule has 0 aromatic heterocycles. The Kier molecular flexibility index (Phi) is 3.97. The van der Waals surface area contributed by atoms with E-state index >= 15 is 0 Å². The molecule has 0 unspecified atom stereocenters. The van der Waals surface area contributed by atoms with Gasteiger partial charge in [0.15, 0.2) is 11.5 Å². The molecule has 0 fully saturated rings. The van der Waals surface area contributed by atoms with Crippen LogP contribution in [0.25, 0.3) is 0 Å². The molecule has 23 heavy (non-hydrogen) atoms. The second kappa shape index (κ2) is 5.37. The molecule has 0 radical (unpaired) electrons. The minimum atomic E-state index is -0.673. The molecule has 0 aliphatic carbocycles. The molecule has 124 valence electrons. The predicted molar refractivity (Wildman–Crippen MR) is 90.4 cm³/mol. The lowest BCUT2D eigenvalue weighted by atomic mass is 9.74. The van der Waals surface area contributed by atoms with Crippen molar-refractivity contribution in [3.05, 3.63) is 47.0 Å². The van der Waals surface area contributed by atoms with E-state index in [1.807, 2.05) is 40.7 Å². The van der Waals surface area contributed by atoms with Crippen LogP contribution in [0, 0.1) is 0 Å². The third kappa shape index (κ3) is 2.93. The van der Waals surface area contributed by atoms with Crippen LogP contribution in [-0.2, 0) is 10.8 Å². The van der Waals surface area contributed by atoms with Crippen LogP contribution in [0.3, 0.4) is 0 Å². The summed E-state index contributed by atoms with van der Waals surface area (Å²) in [6.07, 6.45) is 0. The molecule has 0 aliphatic heterocycles. The first-order valence-corrected chi connectivity index (χ1v) is 7.54. The van der Waals surface area contributed by atoms with Crippen molar-refractivity contribution in [2.45, 2.75) is 45.4 Å². The summed E-state index contributed by atoms with van der Waals surface area (Å²) in [6.45, 7) is 9.54. The van der Waals surface area contributed by atoms with E-state index in [1.165, 1.54) is 0 Å². The molecule has 0 bridgehead atoms.